The molecule has 1 saturated heterocycles. The zero-order chi connectivity index (χ0) is 16.3. The largest absolute Gasteiger partial charge is 0.339 e. The maximum atomic E-state index is 12.4. The van der Waals surface area contributed by atoms with Gasteiger partial charge in [0.25, 0.3) is 5.91 Å². The molecule has 0 saturated carbocycles. The van der Waals surface area contributed by atoms with Crippen LogP contribution >= 0.6 is 22.6 Å². The van der Waals surface area contributed by atoms with E-state index in [0.29, 0.717) is 31.5 Å². The molecule has 0 spiro atoms. The summed E-state index contributed by atoms with van der Waals surface area (Å²) in [6.07, 6.45) is 1.09. The van der Waals surface area contributed by atoms with Crippen LogP contribution in [-0.4, -0.2) is 43.3 Å². The predicted molar refractivity (Wildman–Crippen MR) is 96.7 cm³/mol. The summed E-state index contributed by atoms with van der Waals surface area (Å²) in [5.74, 6) is 0.385. The zero-order valence-corrected chi connectivity index (χ0v) is 15.9. The number of halogens is 1. The maximum Gasteiger partial charge on any atom is 0.253 e. The zero-order valence-electron chi connectivity index (χ0n) is 13.0. The van der Waals surface area contributed by atoms with E-state index >= 15 is 0 Å². The van der Waals surface area contributed by atoms with Crippen LogP contribution < -0.4 is 0 Å². The van der Waals surface area contributed by atoms with E-state index in [1.54, 1.807) is 4.90 Å². The van der Waals surface area contributed by atoms with Crippen LogP contribution in [-0.2, 0) is 9.84 Å². The van der Waals surface area contributed by atoms with Crippen molar-refractivity contribution in [3.8, 4) is 0 Å². The fraction of sp³-hybridized carbons (Fsp3) is 0.562. The lowest BCUT2D eigenvalue weighted by atomic mass is 10.1. The summed E-state index contributed by atoms with van der Waals surface area (Å²) in [4.78, 5) is 14.2. The Balaban J connectivity index is 1.97. The molecule has 1 aromatic rings. The molecule has 22 heavy (non-hydrogen) atoms. The number of nitrogens with zero attached hydrogens (tertiary/aromatic N) is 1. The van der Waals surface area contributed by atoms with Crippen molar-refractivity contribution in [2.75, 3.05) is 18.8 Å². The van der Waals surface area contributed by atoms with Gasteiger partial charge in [-0.3, -0.25) is 4.79 Å². The number of hydrogen-bond donors (Lipinski definition) is 0. The lowest BCUT2D eigenvalue weighted by molar-refractivity contribution is 0.0725. The van der Waals surface area contributed by atoms with Crippen molar-refractivity contribution in [1.29, 1.82) is 0 Å². The Bertz CT molecular complexity index is 617. The van der Waals surface area contributed by atoms with E-state index in [0.717, 1.165) is 3.57 Å². The van der Waals surface area contributed by atoms with Crippen LogP contribution in [0.5, 0.6) is 0 Å². The van der Waals surface area contributed by atoms with Gasteiger partial charge in [-0.25, -0.2) is 8.42 Å². The molecule has 0 aromatic heterocycles. The number of carbonyl (C=O) groups excluding carboxylic acids is 1. The van der Waals surface area contributed by atoms with Crippen molar-refractivity contribution in [2.24, 2.45) is 5.92 Å². The summed E-state index contributed by atoms with van der Waals surface area (Å²) >= 11 is 2.20. The van der Waals surface area contributed by atoms with Crippen LogP contribution in [0.2, 0.25) is 0 Å². The second kappa shape index (κ2) is 7.29. The monoisotopic (exact) mass is 435 g/mol. The van der Waals surface area contributed by atoms with E-state index in [1.807, 2.05) is 38.1 Å². The molecule has 4 nitrogen and oxygen atoms in total. The molecule has 2 rings (SSSR count). The Morgan fingerprint density at radius 2 is 1.77 bits per heavy atom. The van der Waals surface area contributed by atoms with Crippen molar-refractivity contribution in [1.82, 2.24) is 4.90 Å². The minimum Gasteiger partial charge on any atom is -0.339 e. The van der Waals surface area contributed by atoms with E-state index < -0.39 is 9.84 Å². The van der Waals surface area contributed by atoms with E-state index in [9.17, 15) is 13.2 Å². The summed E-state index contributed by atoms with van der Waals surface area (Å²) in [5.41, 5.74) is 0.670. The number of benzene rings is 1. The minimum atomic E-state index is -3.04. The molecular formula is C16H22INO3S. The Hall–Kier alpha value is -0.630. The lowest BCUT2D eigenvalue weighted by Crippen LogP contribution is -2.43. The number of carbonyl (C=O) groups is 1. The van der Waals surface area contributed by atoms with Gasteiger partial charge >= 0.3 is 0 Å². The van der Waals surface area contributed by atoms with Gasteiger partial charge in [0.15, 0.2) is 9.84 Å². The Kier molecular flexibility index (Phi) is 5.87. The van der Waals surface area contributed by atoms with Gasteiger partial charge in [0.2, 0.25) is 0 Å². The van der Waals surface area contributed by atoms with E-state index in [-0.39, 0.29) is 22.8 Å². The van der Waals surface area contributed by atoms with Crippen molar-refractivity contribution in [3.05, 3.63) is 33.4 Å². The van der Waals surface area contributed by atoms with Crippen LogP contribution in [0.15, 0.2) is 24.3 Å². The normalized spacial score (nSPS) is 17.0. The Labute approximate surface area is 146 Å². The average molecular weight is 435 g/mol. The molecule has 0 atom stereocenters. The number of piperidine rings is 1. The van der Waals surface area contributed by atoms with Crippen molar-refractivity contribution in [2.45, 2.75) is 31.9 Å². The summed E-state index contributed by atoms with van der Waals surface area (Å²) < 4.78 is 25.6. The third kappa shape index (κ3) is 4.44. The van der Waals surface area contributed by atoms with Crippen LogP contribution in [0.4, 0.5) is 0 Å². The van der Waals surface area contributed by atoms with Crippen LogP contribution in [0.3, 0.4) is 0 Å². The van der Waals surface area contributed by atoms with Gasteiger partial charge in [0.1, 0.15) is 0 Å². The first-order valence-electron chi connectivity index (χ1n) is 7.56. The molecule has 1 aliphatic heterocycles. The highest BCUT2D eigenvalue weighted by atomic mass is 127. The van der Waals surface area contributed by atoms with Gasteiger partial charge in [0, 0.05) is 22.2 Å². The first-order chi connectivity index (χ1) is 10.3. The third-order valence-electron chi connectivity index (χ3n) is 3.89. The van der Waals surface area contributed by atoms with Gasteiger partial charge < -0.3 is 4.90 Å². The molecule has 0 aliphatic carbocycles. The number of rotatable bonds is 4. The molecule has 1 aromatic carbocycles. The smallest absolute Gasteiger partial charge is 0.253 e. The predicted octanol–water partition coefficient (Wildman–Crippen LogP) is 2.97. The second-order valence-corrected chi connectivity index (χ2v) is 9.79. The number of sulfone groups is 1. The molecule has 1 fully saturated rings. The molecule has 0 unspecified atom stereocenters. The molecule has 0 bridgehead atoms. The van der Waals surface area contributed by atoms with Gasteiger partial charge in [-0.2, -0.15) is 0 Å². The van der Waals surface area contributed by atoms with Gasteiger partial charge in [-0.1, -0.05) is 13.8 Å². The number of likely N-dealkylation sites (tertiary alicyclic amines) is 1. The first kappa shape index (κ1) is 17.7. The second-order valence-electron chi connectivity index (χ2n) is 6.22. The number of hydrogen-bond acceptors (Lipinski definition) is 3. The third-order valence-corrected chi connectivity index (χ3v) is 7.23. The molecular weight excluding hydrogens is 413 g/mol. The highest BCUT2D eigenvalue weighted by molar-refractivity contribution is 14.1. The average Bonchev–Trinajstić information content (AvgIpc) is 2.46. The molecule has 0 radical (unpaired) electrons. The van der Waals surface area contributed by atoms with Gasteiger partial charge in [-0.05, 0) is 65.6 Å². The Morgan fingerprint density at radius 3 is 2.27 bits per heavy atom. The highest BCUT2D eigenvalue weighted by Gasteiger charge is 2.32. The summed E-state index contributed by atoms with van der Waals surface area (Å²) in [5, 5.41) is -0.296. The van der Waals surface area contributed by atoms with Gasteiger partial charge in [-0.15, -0.1) is 0 Å². The summed E-state index contributed by atoms with van der Waals surface area (Å²) in [7, 11) is -3.04. The molecule has 1 amide bonds. The van der Waals surface area contributed by atoms with E-state index in [2.05, 4.69) is 22.6 Å². The summed E-state index contributed by atoms with van der Waals surface area (Å²) in [6.45, 7) is 4.89. The maximum absolute atomic E-state index is 12.4. The molecule has 6 heteroatoms. The van der Waals surface area contributed by atoms with Crippen LogP contribution in [0.25, 0.3) is 0 Å². The fourth-order valence-corrected chi connectivity index (χ4v) is 5.28. The molecule has 1 aliphatic rings. The van der Waals surface area contributed by atoms with Crippen LogP contribution in [0.1, 0.15) is 37.0 Å². The standard InChI is InChI=1S/C16H22INO3S/c1-12(2)11-22(20,21)15-7-9-18(10-8-15)16(19)13-3-5-14(17)6-4-13/h3-6,12,15H,7-11H2,1-2H3. The molecule has 122 valence electrons. The quantitative estimate of drug-likeness (QED) is 0.684. The lowest BCUT2D eigenvalue weighted by Gasteiger charge is -2.32. The summed E-state index contributed by atoms with van der Waals surface area (Å²) in [6, 6.07) is 7.47. The van der Waals surface area contributed by atoms with Crippen molar-refractivity contribution in [3.63, 3.8) is 0 Å². The fourth-order valence-electron chi connectivity index (χ4n) is 2.79. The van der Waals surface area contributed by atoms with Crippen LogP contribution in [0, 0.1) is 9.49 Å². The first-order valence-corrected chi connectivity index (χ1v) is 10.4. The minimum absolute atomic E-state index is 0.00360. The Morgan fingerprint density at radius 1 is 1.23 bits per heavy atom. The SMILES string of the molecule is CC(C)CS(=O)(=O)C1CCN(C(=O)c2ccc(I)cc2)CC1. The topological polar surface area (TPSA) is 54.5 Å². The van der Waals surface area contributed by atoms with Crippen molar-refractivity contribution < 1.29 is 13.2 Å². The van der Waals surface area contributed by atoms with E-state index in [4.69, 9.17) is 0 Å². The van der Waals surface area contributed by atoms with Gasteiger partial charge in [0.05, 0.1) is 11.0 Å². The highest BCUT2D eigenvalue weighted by Crippen LogP contribution is 2.22. The molecule has 0 N–H and O–H groups in total. The van der Waals surface area contributed by atoms with E-state index in [1.165, 1.54) is 0 Å². The molecule has 1 heterocycles. The van der Waals surface area contributed by atoms with Crippen molar-refractivity contribution >= 4 is 38.3 Å². The number of amides is 1.